The van der Waals surface area contributed by atoms with Crippen molar-refractivity contribution in [2.75, 3.05) is 19.8 Å². The second kappa shape index (κ2) is 7.13. The molecule has 2 rings (SSSR count). The standard InChI is InChI=1S/C15H22ClNO/c1-2-17-15(10-12-6-8-18-9-7-12)13-4-3-5-14(16)11-13/h3-5,11-12,15,17H,2,6-10H2,1H3. The van der Waals surface area contributed by atoms with Crippen molar-refractivity contribution in [1.82, 2.24) is 5.32 Å². The predicted molar refractivity (Wildman–Crippen MR) is 76.0 cm³/mol. The van der Waals surface area contributed by atoms with E-state index < -0.39 is 0 Å². The van der Waals surface area contributed by atoms with Crippen molar-refractivity contribution in [3.8, 4) is 0 Å². The molecule has 1 N–H and O–H groups in total. The van der Waals surface area contributed by atoms with Crippen LogP contribution in [0.15, 0.2) is 24.3 Å². The summed E-state index contributed by atoms with van der Waals surface area (Å²) >= 11 is 6.08. The van der Waals surface area contributed by atoms with E-state index in [0.717, 1.165) is 30.7 Å². The summed E-state index contributed by atoms with van der Waals surface area (Å²) in [5.74, 6) is 0.766. The van der Waals surface area contributed by atoms with E-state index in [0.29, 0.717) is 6.04 Å². The molecule has 0 saturated carbocycles. The van der Waals surface area contributed by atoms with E-state index in [-0.39, 0.29) is 0 Å². The minimum atomic E-state index is 0.414. The van der Waals surface area contributed by atoms with Crippen molar-refractivity contribution in [3.05, 3.63) is 34.9 Å². The molecule has 0 bridgehead atoms. The Morgan fingerprint density at radius 2 is 2.17 bits per heavy atom. The van der Waals surface area contributed by atoms with E-state index in [1.807, 2.05) is 12.1 Å². The lowest BCUT2D eigenvalue weighted by Gasteiger charge is -2.27. The van der Waals surface area contributed by atoms with Crippen molar-refractivity contribution in [1.29, 1.82) is 0 Å². The molecule has 1 unspecified atom stereocenters. The van der Waals surface area contributed by atoms with Gasteiger partial charge in [0.15, 0.2) is 0 Å². The summed E-state index contributed by atoms with van der Waals surface area (Å²) in [6, 6.07) is 8.62. The molecule has 1 aliphatic heterocycles. The van der Waals surface area contributed by atoms with Gasteiger partial charge in [-0.3, -0.25) is 0 Å². The Morgan fingerprint density at radius 3 is 2.83 bits per heavy atom. The van der Waals surface area contributed by atoms with Crippen molar-refractivity contribution in [3.63, 3.8) is 0 Å². The van der Waals surface area contributed by atoms with E-state index >= 15 is 0 Å². The van der Waals surface area contributed by atoms with Crippen molar-refractivity contribution >= 4 is 11.6 Å². The molecular weight excluding hydrogens is 246 g/mol. The molecule has 2 nitrogen and oxygen atoms in total. The second-order valence-corrected chi connectivity index (χ2v) is 5.39. The number of rotatable bonds is 5. The Hall–Kier alpha value is -0.570. The molecule has 0 spiro atoms. The molecule has 0 aliphatic carbocycles. The van der Waals surface area contributed by atoms with Gasteiger partial charge < -0.3 is 10.1 Å². The number of hydrogen-bond donors (Lipinski definition) is 1. The lowest BCUT2D eigenvalue weighted by atomic mass is 9.89. The maximum atomic E-state index is 6.08. The fourth-order valence-corrected chi connectivity index (χ4v) is 2.82. The fraction of sp³-hybridized carbons (Fsp3) is 0.600. The summed E-state index contributed by atoms with van der Waals surface area (Å²) in [6.07, 6.45) is 3.54. The van der Waals surface area contributed by atoms with E-state index in [9.17, 15) is 0 Å². The van der Waals surface area contributed by atoms with Gasteiger partial charge in [0.2, 0.25) is 0 Å². The Morgan fingerprint density at radius 1 is 1.39 bits per heavy atom. The van der Waals surface area contributed by atoms with Crippen molar-refractivity contribution in [2.45, 2.75) is 32.2 Å². The van der Waals surface area contributed by atoms with Crippen LogP contribution in [0.5, 0.6) is 0 Å². The number of halogens is 1. The van der Waals surface area contributed by atoms with Crippen LogP contribution in [0, 0.1) is 5.92 Å². The summed E-state index contributed by atoms with van der Waals surface area (Å²) in [5, 5.41) is 4.40. The lowest BCUT2D eigenvalue weighted by Crippen LogP contribution is -2.26. The Bertz CT molecular complexity index is 363. The largest absolute Gasteiger partial charge is 0.381 e. The van der Waals surface area contributed by atoms with Crippen LogP contribution in [0.4, 0.5) is 0 Å². The number of nitrogens with one attached hydrogen (secondary N) is 1. The molecule has 1 atom stereocenters. The molecule has 100 valence electrons. The molecule has 3 heteroatoms. The molecular formula is C15H22ClNO. The van der Waals surface area contributed by atoms with Gasteiger partial charge >= 0.3 is 0 Å². The first kappa shape index (κ1) is 13.9. The molecule has 1 heterocycles. The monoisotopic (exact) mass is 267 g/mol. The van der Waals surface area contributed by atoms with Gasteiger partial charge in [-0.2, -0.15) is 0 Å². The second-order valence-electron chi connectivity index (χ2n) is 4.96. The summed E-state index contributed by atoms with van der Waals surface area (Å²) in [5.41, 5.74) is 1.30. The zero-order chi connectivity index (χ0) is 12.8. The van der Waals surface area contributed by atoms with Crippen LogP contribution in [0.1, 0.15) is 37.8 Å². The highest BCUT2D eigenvalue weighted by atomic mass is 35.5. The number of benzene rings is 1. The van der Waals surface area contributed by atoms with Crippen molar-refractivity contribution in [2.24, 2.45) is 5.92 Å². The zero-order valence-electron chi connectivity index (χ0n) is 11.0. The SMILES string of the molecule is CCNC(CC1CCOCC1)c1cccc(Cl)c1. The summed E-state index contributed by atoms with van der Waals surface area (Å²) < 4.78 is 5.42. The molecule has 1 fully saturated rings. The van der Waals surface area contributed by atoms with Gasteiger partial charge in [0.1, 0.15) is 0 Å². The van der Waals surface area contributed by atoms with Crippen LogP contribution in [0.25, 0.3) is 0 Å². The summed E-state index contributed by atoms with van der Waals surface area (Å²) in [4.78, 5) is 0. The van der Waals surface area contributed by atoms with Gasteiger partial charge in [0.25, 0.3) is 0 Å². The third-order valence-electron chi connectivity index (χ3n) is 3.61. The Kier molecular flexibility index (Phi) is 5.48. The lowest BCUT2D eigenvalue weighted by molar-refractivity contribution is 0.0606. The zero-order valence-corrected chi connectivity index (χ0v) is 11.7. The van der Waals surface area contributed by atoms with Crippen molar-refractivity contribution < 1.29 is 4.74 Å². The van der Waals surface area contributed by atoms with Crippen LogP contribution in [-0.2, 0) is 4.74 Å². The maximum absolute atomic E-state index is 6.08. The third kappa shape index (κ3) is 3.98. The molecule has 1 aromatic carbocycles. The van der Waals surface area contributed by atoms with Crippen LogP contribution in [0.2, 0.25) is 5.02 Å². The molecule has 0 radical (unpaired) electrons. The maximum Gasteiger partial charge on any atom is 0.0468 e. The van der Waals surface area contributed by atoms with Gasteiger partial charge in [-0.1, -0.05) is 30.7 Å². The van der Waals surface area contributed by atoms with E-state index in [2.05, 4.69) is 24.4 Å². The topological polar surface area (TPSA) is 21.3 Å². The smallest absolute Gasteiger partial charge is 0.0468 e. The molecule has 0 amide bonds. The third-order valence-corrected chi connectivity index (χ3v) is 3.85. The minimum absolute atomic E-state index is 0.414. The average Bonchev–Trinajstić information content (AvgIpc) is 2.39. The minimum Gasteiger partial charge on any atom is -0.381 e. The number of hydrogen-bond acceptors (Lipinski definition) is 2. The summed E-state index contributed by atoms with van der Waals surface area (Å²) in [7, 11) is 0. The van der Waals surface area contributed by atoms with Gasteiger partial charge in [0, 0.05) is 24.3 Å². The normalized spacial score (nSPS) is 18.8. The predicted octanol–water partition coefficient (Wildman–Crippen LogP) is 3.81. The Labute approximate surface area is 115 Å². The van der Waals surface area contributed by atoms with Crippen LogP contribution >= 0.6 is 11.6 Å². The van der Waals surface area contributed by atoms with E-state index in [1.165, 1.54) is 24.8 Å². The highest BCUT2D eigenvalue weighted by Gasteiger charge is 2.20. The van der Waals surface area contributed by atoms with Gasteiger partial charge in [-0.05, 0) is 49.4 Å². The first-order valence-corrected chi connectivity index (χ1v) is 7.24. The molecule has 0 aromatic heterocycles. The molecule has 1 aromatic rings. The van der Waals surface area contributed by atoms with Gasteiger partial charge in [-0.15, -0.1) is 0 Å². The highest BCUT2D eigenvalue weighted by Crippen LogP contribution is 2.28. The first-order chi connectivity index (χ1) is 8.79. The van der Waals surface area contributed by atoms with Crippen LogP contribution in [-0.4, -0.2) is 19.8 Å². The van der Waals surface area contributed by atoms with Gasteiger partial charge in [-0.25, -0.2) is 0 Å². The summed E-state index contributed by atoms with van der Waals surface area (Å²) in [6.45, 7) is 4.97. The molecule has 18 heavy (non-hydrogen) atoms. The number of ether oxygens (including phenoxy) is 1. The first-order valence-electron chi connectivity index (χ1n) is 6.86. The average molecular weight is 268 g/mol. The Balaban J connectivity index is 2.02. The fourth-order valence-electron chi connectivity index (χ4n) is 2.62. The quantitative estimate of drug-likeness (QED) is 0.876. The van der Waals surface area contributed by atoms with E-state index in [4.69, 9.17) is 16.3 Å². The molecule has 1 saturated heterocycles. The van der Waals surface area contributed by atoms with Crippen LogP contribution < -0.4 is 5.32 Å². The molecule has 1 aliphatic rings. The van der Waals surface area contributed by atoms with Crippen LogP contribution in [0.3, 0.4) is 0 Å². The highest BCUT2D eigenvalue weighted by molar-refractivity contribution is 6.30. The van der Waals surface area contributed by atoms with E-state index in [1.54, 1.807) is 0 Å². The van der Waals surface area contributed by atoms with Gasteiger partial charge in [0.05, 0.1) is 0 Å².